The predicted octanol–water partition coefficient (Wildman–Crippen LogP) is 3.45. The molecule has 2 nitrogen and oxygen atoms in total. The van der Waals surface area contributed by atoms with Crippen molar-refractivity contribution < 1.29 is 0 Å². The Bertz CT molecular complexity index is 398. The molecule has 0 aromatic carbocycles. The molecule has 3 rings (SSSR count). The molecule has 2 saturated heterocycles. The van der Waals surface area contributed by atoms with Gasteiger partial charge in [-0.1, -0.05) is 17.7 Å². The van der Waals surface area contributed by atoms with Crippen LogP contribution in [0.3, 0.4) is 0 Å². The van der Waals surface area contributed by atoms with Crippen molar-refractivity contribution in [2.75, 3.05) is 7.05 Å². The minimum absolute atomic E-state index is 0.603. The van der Waals surface area contributed by atoms with E-state index in [2.05, 4.69) is 23.0 Å². The van der Waals surface area contributed by atoms with E-state index < -0.39 is 0 Å². The Hall–Kier alpha value is -0.250. The van der Waals surface area contributed by atoms with Crippen LogP contribution in [0.25, 0.3) is 0 Å². The van der Waals surface area contributed by atoms with Gasteiger partial charge in [0.2, 0.25) is 0 Å². The maximum absolute atomic E-state index is 5.92. The summed E-state index contributed by atoms with van der Waals surface area (Å²) in [7, 11) is 2.28. The first-order valence-electron chi connectivity index (χ1n) is 6.23. The van der Waals surface area contributed by atoms with Gasteiger partial charge in [0.1, 0.15) is 5.15 Å². The number of thioether (sulfide) groups is 1. The van der Waals surface area contributed by atoms with Crippen molar-refractivity contribution in [1.29, 1.82) is 0 Å². The lowest BCUT2D eigenvalue weighted by Gasteiger charge is -2.35. The zero-order valence-corrected chi connectivity index (χ0v) is 11.5. The number of rotatable bonds is 2. The molecule has 3 atom stereocenters. The van der Waals surface area contributed by atoms with Gasteiger partial charge in [0.25, 0.3) is 0 Å². The van der Waals surface area contributed by atoms with Crippen molar-refractivity contribution >= 4 is 23.4 Å². The van der Waals surface area contributed by atoms with Gasteiger partial charge in [0.05, 0.1) is 5.03 Å². The lowest BCUT2D eigenvalue weighted by atomic mass is 10.0. The van der Waals surface area contributed by atoms with Crippen molar-refractivity contribution in [3.8, 4) is 0 Å². The fourth-order valence-electron chi connectivity index (χ4n) is 3.08. The highest BCUT2D eigenvalue weighted by Gasteiger charge is 2.38. The van der Waals surface area contributed by atoms with Crippen molar-refractivity contribution in [3.63, 3.8) is 0 Å². The highest BCUT2D eigenvalue weighted by Crippen LogP contribution is 2.40. The summed E-state index contributed by atoms with van der Waals surface area (Å²) in [6.45, 7) is 0. The van der Waals surface area contributed by atoms with Crippen molar-refractivity contribution in [3.05, 3.63) is 23.4 Å². The fourth-order valence-corrected chi connectivity index (χ4v) is 4.58. The molecule has 0 radical (unpaired) electrons. The Morgan fingerprint density at radius 3 is 2.65 bits per heavy atom. The van der Waals surface area contributed by atoms with Crippen molar-refractivity contribution in [2.45, 2.75) is 48.0 Å². The molecule has 4 heteroatoms. The number of pyridine rings is 1. The largest absolute Gasteiger partial charge is 0.300 e. The standard InChI is InChI=1S/C13H17ClN2S/c1-16-9-5-6-10(16)8-11(7-9)17-13-4-2-3-12(14)15-13/h2-4,9-11H,5-8H2,1H3/t9-,10+,11?. The minimum atomic E-state index is 0.603. The molecule has 1 unspecified atom stereocenters. The third-order valence-electron chi connectivity index (χ3n) is 4.03. The van der Waals surface area contributed by atoms with Crippen LogP contribution in [0.4, 0.5) is 0 Å². The summed E-state index contributed by atoms with van der Waals surface area (Å²) in [4.78, 5) is 6.94. The topological polar surface area (TPSA) is 16.1 Å². The van der Waals surface area contributed by atoms with E-state index in [1.807, 2.05) is 23.9 Å². The van der Waals surface area contributed by atoms with Gasteiger partial charge < -0.3 is 4.90 Å². The molecule has 17 heavy (non-hydrogen) atoms. The molecular weight excluding hydrogens is 252 g/mol. The smallest absolute Gasteiger partial charge is 0.130 e. The predicted molar refractivity (Wildman–Crippen MR) is 72.7 cm³/mol. The molecule has 0 spiro atoms. The average Bonchev–Trinajstić information content (AvgIpc) is 2.52. The first-order chi connectivity index (χ1) is 8.22. The number of hydrogen-bond acceptors (Lipinski definition) is 3. The van der Waals surface area contributed by atoms with Crippen LogP contribution in [-0.2, 0) is 0 Å². The van der Waals surface area contributed by atoms with Gasteiger partial charge >= 0.3 is 0 Å². The summed E-state index contributed by atoms with van der Waals surface area (Å²) < 4.78 is 0. The molecule has 2 bridgehead atoms. The van der Waals surface area contributed by atoms with Gasteiger partial charge in [-0.2, -0.15) is 0 Å². The second-order valence-corrected chi connectivity index (χ2v) is 6.77. The average molecular weight is 269 g/mol. The quantitative estimate of drug-likeness (QED) is 0.765. The molecule has 0 saturated carbocycles. The molecule has 0 N–H and O–H groups in total. The Kier molecular flexibility index (Phi) is 3.33. The van der Waals surface area contributed by atoms with Crippen LogP contribution >= 0.6 is 23.4 Å². The second kappa shape index (κ2) is 4.79. The summed E-state index contributed by atoms with van der Waals surface area (Å²) in [6.07, 6.45) is 5.35. The van der Waals surface area contributed by atoms with E-state index in [1.165, 1.54) is 25.7 Å². The number of hydrogen-bond donors (Lipinski definition) is 0. The van der Waals surface area contributed by atoms with Crippen LogP contribution in [0.1, 0.15) is 25.7 Å². The third kappa shape index (κ3) is 2.47. The summed E-state index contributed by atoms with van der Waals surface area (Å²) >= 11 is 7.83. The van der Waals surface area contributed by atoms with Crippen LogP contribution in [0.2, 0.25) is 5.15 Å². The zero-order valence-electron chi connectivity index (χ0n) is 9.97. The lowest BCUT2D eigenvalue weighted by Crippen LogP contribution is -2.40. The molecule has 0 aliphatic carbocycles. The molecule has 1 aromatic rings. The van der Waals surface area contributed by atoms with Gasteiger partial charge in [-0.25, -0.2) is 4.98 Å². The molecule has 2 fully saturated rings. The molecule has 1 aromatic heterocycles. The second-order valence-electron chi connectivity index (χ2n) is 5.06. The van der Waals surface area contributed by atoms with Gasteiger partial charge in [-0.3, -0.25) is 0 Å². The normalized spacial score (nSPS) is 32.9. The number of halogens is 1. The summed E-state index contributed by atoms with van der Waals surface area (Å²) in [5.41, 5.74) is 0. The van der Waals surface area contributed by atoms with E-state index in [9.17, 15) is 0 Å². The number of aromatic nitrogens is 1. The number of nitrogens with zero attached hydrogens (tertiary/aromatic N) is 2. The summed E-state index contributed by atoms with van der Waals surface area (Å²) in [6, 6.07) is 7.48. The number of fused-ring (bicyclic) bond motifs is 2. The fraction of sp³-hybridized carbons (Fsp3) is 0.615. The molecule has 3 heterocycles. The Balaban J connectivity index is 1.67. The highest BCUT2D eigenvalue weighted by atomic mass is 35.5. The van der Waals surface area contributed by atoms with E-state index in [1.54, 1.807) is 0 Å². The van der Waals surface area contributed by atoms with Crippen molar-refractivity contribution in [2.24, 2.45) is 0 Å². The molecule has 0 amide bonds. The third-order valence-corrected chi connectivity index (χ3v) is 5.43. The maximum atomic E-state index is 5.92. The van der Waals surface area contributed by atoms with Gasteiger partial charge in [-0.05, 0) is 44.9 Å². The van der Waals surface area contributed by atoms with Gasteiger partial charge in [0.15, 0.2) is 0 Å². The highest BCUT2D eigenvalue weighted by molar-refractivity contribution is 7.99. The molecule has 2 aliphatic heterocycles. The van der Waals surface area contributed by atoms with Crippen LogP contribution in [0.15, 0.2) is 23.2 Å². The zero-order chi connectivity index (χ0) is 11.8. The van der Waals surface area contributed by atoms with E-state index in [-0.39, 0.29) is 0 Å². The van der Waals surface area contributed by atoms with Gasteiger partial charge in [0, 0.05) is 17.3 Å². The maximum Gasteiger partial charge on any atom is 0.130 e. The number of piperidine rings is 1. The molecular formula is C13H17ClN2S. The Morgan fingerprint density at radius 1 is 1.29 bits per heavy atom. The van der Waals surface area contributed by atoms with Crippen LogP contribution in [-0.4, -0.2) is 34.3 Å². The van der Waals surface area contributed by atoms with Gasteiger partial charge in [-0.15, -0.1) is 11.8 Å². The first kappa shape index (κ1) is 11.8. The SMILES string of the molecule is CN1[C@@H]2CC[C@H]1CC(Sc1cccc(Cl)n1)C2. The van der Waals surface area contributed by atoms with Crippen molar-refractivity contribution in [1.82, 2.24) is 9.88 Å². The van der Waals surface area contributed by atoms with Crippen LogP contribution in [0, 0.1) is 0 Å². The van der Waals surface area contributed by atoms with E-state index in [0.717, 1.165) is 22.4 Å². The van der Waals surface area contributed by atoms with E-state index in [0.29, 0.717) is 5.15 Å². The molecule has 92 valence electrons. The molecule has 2 aliphatic rings. The summed E-state index contributed by atoms with van der Waals surface area (Å²) in [5.74, 6) is 0. The van der Waals surface area contributed by atoms with E-state index in [4.69, 9.17) is 11.6 Å². The van der Waals surface area contributed by atoms with Crippen LogP contribution in [0.5, 0.6) is 0 Å². The minimum Gasteiger partial charge on any atom is -0.300 e. The van der Waals surface area contributed by atoms with Crippen LogP contribution < -0.4 is 0 Å². The lowest BCUT2D eigenvalue weighted by molar-refractivity contribution is 0.183. The summed E-state index contributed by atoms with van der Waals surface area (Å²) in [5, 5.41) is 2.40. The Morgan fingerprint density at radius 2 is 2.00 bits per heavy atom. The monoisotopic (exact) mass is 268 g/mol. The Labute approximate surface area is 112 Å². The van der Waals surface area contributed by atoms with E-state index >= 15 is 0 Å². The first-order valence-corrected chi connectivity index (χ1v) is 7.49.